The van der Waals surface area contributed by atoms with Crippen molar-refractivity contribution in [3.63, 3.8) is 0 Å². The van der Waals surface area contributed by atoms with Crippen LogP contribution in [0.25, 0.3) is 0 Å². The lowest BCUT2D eigenvalue weighted by molar-refractivity contribution is -0.143. The average Bonchev–Trinajstić information content (AvgIpc) is 2.44. The van der Waals surface area contributed by atoms with Crippen molar-refractivity contribution in [1.82, 2.24) is 10.2 Å². The van der Waals surface area contributed by atoms with Crippen LogP contribution in [-0.2, 0) is 14.3 Å². The molecule has 2 N–H and O–H groups in total. The molecule has 1 atom stereocenters. The highest BCUT2D eigenvalue weighted by Gasteiger charge is 2.30. The maximum absolute atomic E-state index is 11.9. The molecule has 1 rings (SSSR count). The zero-order valence-electron chi connectivity index (χ0n) is 14.1. The Morgan fingerprint density at radius 1 is 1.26 bits per heavy atom. The van der Waals surface area contributed by atoms with E-state index in [4.69, 9.17) is 14.6 Å². The van der Waals surface area contributed by atoms with Crippen molar-refractivity contribution in [1.29, 1.82) is 0 Å². The first kappa shape index (κ1) is 19.1. The summed E-state index contributed by atoms with van der Waals surface area (Å²) in [5.74, 6) is -0.388. The Morgan fingerprint density at radius 3 is 2.26 bits per heavy atom. The largest absolute Gasteiger partial charge is 0.467 e. The normalized spacial score (nSPS) is 17.3. The first-order chi connectivity index (χ1) is 10.6. The number of esters is 1. The first-order valence-corrected chi connectivity index (χ1v) is 7.67. The lowest BCUT2D eigenvalue weighted by Crippen LogP contribution is -2.46. The first-order valence-electron chi connectivity index (χ1n) is 7.67. The van der Waals surface area contributed by atoms with E-state index in [1.165, 1.54) is 12.0 Å². The van der Waals surface area contributed by atoms with Crippen molar-refractivity contribution < 1.29 is 29.0 Å². The third-order valence-corrected chi connectivity index (χ3v) is 3.63. The van der Waals surface area contributed by atoms with Gasteiger partial charge < -0.3 is 24.8 Å². The van der Waals surface area contributed by atoms with Gasteiger partial charge in [-0.25, -0.2) is 14.4 Å². The van der Waals surface area contributed by atoms with Gasteiger partial charge in [0.15, 0.2) is 0 Å². The van der Waals surface area contributed by atoms with Gasteiger partial charge >= 0.3 is 18.2 Å². The van der Waals surface area contributed by atoms with Crippen molar-refractivity contribution in [2.75, 3.05) is 20.2 Å². The molecule has 0 aliphatic carbocycles. The summed E-state index contributed by atoms with van der Waals surface area (Å²) in [6.45, 7) is 6.07. The molecule has 8 heteroatoms. The molecule has 0 aromatic rings. The minimum absolute atomic E-state index is 0.143. The second kappa shape index (κ2) is 8.03. The highest BCUT2D eigenvalue weighted by Crippen LogP contribution is 2.22. The van der Waals surface area contributed by atoms with Crippen LogP contribution in [0, 0.1) is 5.92 Å². The molecule has 1 aliphatic heterocycles. The highest BCUT2D eigenvalue weighted by atomic mass is 16.6. The molecule has 1 aliphatic rings. The van der Waals surface area contributed by atoms with E-state index in [0.29, 0.717) is 32.4 Å². The Morgan fingerprint density at radius 2 is 1.83 bits per heavy atom. The number of carbonyl (C=O) groups is 3. The molecule has 1 unspecified atom stereocenters. The molecule has 0 aromatic heterocycles. The number of amides is 2. The lowest BCUT2D eigenvalue weighted by Gasteiger charge is -2.31. The molecule has 132 valence electrons. The fourth-order valence-corrected chi connectivity index (χ4v) is 2.50. The van der Waals surface area contributed by atoms with Gasteiger partial charge in [-0.3, -0.25) is 0 Å². The number of ether oxygens (including phenoxy) is 2. The standard InChI is InChI=1S/C15H26N2O6/c1-15(2,3)23-13(19)16-11(12(18)22-4)9-10-5-7-17(8-6-10)14(20)21/h10-11H,5-9H2,1-4H3,(H,16,19)(H,20,21). The van der Waals surface area contributed by atoms with Crippen molar-refractivity contribution >= 4 is 18.2 Å². The predicted molar refractivity (Wildman–Crippen MR) is 82.1 cm³/mol. The molecule has 0 spiro atoms. The number of alkyl carbamates (subject to hydrolysis) is 1. The van der Waals surface area contributed by atoms with Gasteiger partial charge in [-0.05, 0) is 46.0 Å². The van der Waals surface area contributed by atoms with E-state index >= 15 is 0 Å². The summed E-state index contributed by atoms with van der Waals surface area (Å²) in [5.41, 5.74) is -0.655. The quantitative estimate of drug-likeness (QED) is 0.762. The molecule has 0 bridgehead atoms. The number of nitrogens with zero attached hydrogens (tertiary/aromatic N) is 1. The van der Waals surface area contributed by atoms with E-state index in [0.717, 1.165) is 0 Å². The molecule has 8 nitrogen and oxygen atoms in total. The van der Waals surface area contributed by atoms with Gasteiger partial charge in [0, 0.05) is 13.1 Å². The van der Waals surface area contributed by atoms with Crippen LogP contribution in [0.5, 0.6) is 0 Å². The number of carbonyl (C=O) groups excluding carboxylic acids is 2. The average molecular weight is 330 g/mol. The Bertz CT molecular complexity index is 438. The van der Waals surface area contributed by atoms with Crippen LogP contribution in [0.2, 0.25) is 0 Å². The van der Waals surface area contributed by atoms with Crippen molar-refractivity contribution in [3.8, 4) is 0 Å². The van der Waals surface area contributed by atoms with Crippen LogP contribution in [0.1, 0.15) is 40.0 Å². The minimum Gasteiger partial charge on any atom is -0.467 e. The van der Waals surface area contributed by atoms with E-state index in [2.05, 4.69) is 5.32 Å². The summed E-state index contributed by atoms with van der Waals surface area (Å²) >= 11 is 0. The van der Waals surface area contributed by atoms with E-state index in [1.807, 2.05) is 0 Å². The zero-order valence-corrected chi connectivity index (χ0v) is 14.1. The van der Waals surface area contributed by atoms with Gasteiger partial charge in [-0.2, -0.15) is 0 Å². The van der Waals surface area contributed by atoms with E-state index in [9.17, 15) is 14.4 Å². The Balaban J connectivity index is 2.57. The highest BCUT2D eigenvalue weighted by molar-refractivity contribution is 5.81. The molecule has 1 fully saturated rings. The van der Waals surface area contributed by atoms with Gasteiger partial charge in [0.2, 0.25) is 0 Å². The number of rotatable bonds is 4. The maximum Gasteiger partial charge on any atom is 0.408 e. The summed E-state index contributed by atoms with van der Waals surface area (Å²) in [4.78, 5) is 36.0. The molecule has 23 heavy (non-hydrogen) atoms. The minimum atomic E-state index is -0.931. The molecule has 2 amide bonds. The summed E-state index contributed by atoms with van der Waals surface area (Å²) in [6.07, 6.45) is 0.0982. The van der Waals surface area contributed by atoms with Crippen molar-refractivity contribution in [3.05, 3.63) is 0 Å². The SMILES string of the molecule is COC(=O)C(CC1CCN(C(=O)O)CC1)NC(=O)OC(C)(C)C. The summed E-state index contributed by atoms with van der Waals surface area (Å²) < 4.78 is 9.89. The van der Waals surface area contributed by atoms with Gasteiger partial charge in [-0.1, -0.05) is 0 Å². The fourth-order valence-electron chi connectivity index (χ4n) is 2.50. The fraction of sp³-hybridized carbons (Fsp3) is 0.800. The van der Waals surface area contributed by atoms with E-state index < -0.39 is 29.8 Å². The maximum atomic E-state index is 11.9. The van der Waals surface area contributed by atoms with Crippen LogP contribution in [0.3, 0.4) is 0 Å². The predicted octanol–water partition coefficient (Wildman–Crippen LogP) is 1.83. The zero-order chi connectivity index (χ0) is 17.6. The second-order valence-corrected chi connectivity index (χ2v) is 6.67. The number of hydrogen-bond acceptors (Lipinski definition) is 5. The van der Waals surface area contributed by atoms with E-state index in [-0.39, 0.29) is 5.92 Å². The smallest absolute Gasteiger partial charge is 0.408 e. The molecule has 0 aromatic carbocycles. The van der Waals surface area contributed by atoms with E-state index in [1.54, 1.807) is 20.8 Å². The monoisotopic (exact) mass is 330 g/mol. The summed E-state index contributed by atoms with van der Waals surface area (Å²) in [6, 6.07) is -0.795. The van der Waals surface area contributed by atoms with Crippen LogP contribution in [0.4, 0.5) is 9.59 Å². The Kier molecular flexibility index (Phi) is 6.65. The molecule has 1 heterocycles. The molecule has 0 radical (unpaired) electrons. The van der Waals surface area contributed by atoms with Crippen molar-refractivity contribution in [2.24, 2.45) is 5.92 Å². The number of likely N-dealkylation sites (tertiary alicyclic amines) is 1. The number of carboxylic acid groups (broad SMARTS) is 1. The Labute approximate surface area is 136 Å². The summed E-state index contributed by atoms with van der Waals surface area (Å²) in [5, 5.41) is 11.5. The third kappa shape index (κ3) is 6.75. The second-order valence-electron chi connectivity index (χ2n) is 6.67. The number of piperidine rings is 1. The van der Waals surface area contributed by atoms with Gasteiger partial charge in [0.1, 0.15) is 11.6 Å². The van der Waals surface area contributed by atoms with Crippen LogP contribution in [0.15, 0.2) is 0 Å². The topological polar surface area (TPSA) is 105 Å². The number of hydrogen-bond donors (Lipinski definition) is 2. The van der Waals surface area contributed by atoms with Gasteiger partial charge in [0.05, 0.1) is 7.11 Å². The van der Waals surface area contributed by atoms with Crippen LogP contribution >= 0.6 is 0 Å². The van der Waals surface area contributed by atoms with Crippen LogP contribution < -0.4 is 5.32 Å². The molecular weight excluding hydrogens is 304 g/mol. The van der Waals surface area contributed by atoms with Gasteiger partial charge in [-0.15, -0.1) is 0 Å². The lowest BCUT2D eigenvalue weighted by atomic mass is 9.90. The van der Waals surface area contributed by atoms with Crippen LogP contribution in [-0.4, -0.2) is 60.0 Å². The third-order valence-electron chi connectivity index (χ3n) is 3.63. The summed E-state index contributed by atoms with van der Waals surface area (Å²) in [7, 11) is 1.26. The molecule has 0 saturated carbocycles. The number of methoxy groups -OCH3 is 1. The molecule has 1 saturated heterocycles. The number of nitrogens with one attached hydrogen (secondary N) is 1. The van der Waals surface area contributed by atoms with Gasteiger partial charge in [0.25, 0.3) is 0 Å². The molecular formula is C15H26N2O6. The van der Waals surface area contributed by atoms with Crippen molar-refractivity contribution in [2.45, 2.75) is 51.7 Å². The Hall–Kier alpha value is -1.99.